The normalized spacial score (nSPS) is 18.1. The Labute approximate surface area is 157 Å². The third kappa shape index (κ3) is 3.25. The van der Waals surface area contributed by atoms with Crippen molar-refractivity contribution in [1.29, 1.82) is 0 Å². The molecule has 0 unspecified atom stereocenters. The van der Waals surface area contributed by atoms with Crippen molar-refractivity contribution in [3.05, 3.63) is 78.8 Å². The van der Waals surface area contributed by atoms with Crippen LogP contribution in [0.4, 0.5) is 0 Å². The molecule has 0 radical (unpaired) electrons. The third-order valence-corrected chi connectivity index (χ3v) is 4.93. The average molecular weight is 360 g/mol. The molecule has 5 heterocycles. The highest BCUT2D eigenvalue weighted by Gasteiger charge is 2.25. The molecule has 6 heteroatoms. The number of morpholine rings is 1. The lowest BCUT2D eigenvalue weighted by atomic mass is 10.2. The first-order chi connectivity index (χ1) is 13.4. The highest BCUT2D eigenvalue weighted by molar-refractivity contribution is 5.63. The molecule has 0 N–H and O–H groups in total. The Morgan fingerprint density at radius 1 is 1.07 bits per heavy atom. The smallest absolute Gasteiger partial charge is 0.137 e. The second kappa shape index (κ2) is 6.98. The van der Waals surface area contributed by atoms with Crippen LogP contribution in [0.5, 0.6) is 0 Å². The fourth-order valence-corrected chi connectivity index (χ4v) is 3.59. The zero-order valence-corrected chi connectivity index (χ0v) is 14.9. The van der Waals surface area contributed by atoms with E-state index in [0.29, 0.717) is 6.61 Å². The summed E-state index contributed by atoms with van der Waals surface area (Å²) in [4.78, 5) is 11.3. The van der Waals surface area contributed by atoms with Gasteiger partial charge < -0.3 is 9.15 Å². The Morgan fingerprint density at radius 2 is 2.00 bits per heavy atom. The van der Waals surface area contributed by atoms with Gasteiger partial charge in [-0.1, -0.05) is 6.07 Å². The van der Waals surface area contributed by atoms with Gasteiger partial charge in [0.15, 0.2) is 0 Å². The van der Waals surface area contributed by atoms with Crippen molar-refractivity contribution in [2.24, 2.45) is 0 Å². The van der Waals surface area contributed by atoms with Crippen LogP contribution in [0, 0.1) is 0 Å². The van der Waals surface area contributed by atoms with Gasteiger partial charge in [0, 0.05) is 37.2 Å². The van der Waals surface area contributed by atoms with Gasteiger partial charge in [-0.15, -0.1) is 0 Å². The molecule has 1 fully saturated rings. The van der Waals surface area contributed by atoms with Crippen molar-refractivity contribution in [1.82, 2.24) is 19.3 Å². The van der Waals surface area contributed by atoms with E-state index in [9.17, 15) is 0 Å². The molecule has 0 bridgehead atoms. The minimum Gasteiger partial charge on any atom is -0.468 e. The lowest BCUT2D eigenvalue weighted by Crippen LogP contribution is -2.37. The fraction of sp³-hybridized carbons (Fsp3) is 0.238. The SMILES string of the molecule is c1coc(CN2CCO[C@@H](c3cn4c(-c5ccncc5)cccc4n3)C2)c1. The first-order valence-corrected chi connectivity index (χ1v) is 9.11. The lowest BCUT2D eigenvalue weighted by Gasteiger charge is -2.31. The van der Waals surface area contributed by atoms with E-state index >= 15 is 0 Å². The van der Waals surface area contributed by atoms with E-state index in [1.807, 2.05) is 48.8 Å². The largest absolute Gasteiger partial charge is 0.468 e. The Morgan fingerprint density at radius 3 is 2.85 bits per heavy atom. The van der Waals surface area contributed by atoms with Crippen LogP contribution in [0.25, 0.3) is 16.9 Å². The van der Waals surface area contributed by atoms with Crippen LogP contribution in [0.3, 0.4) is 0 Å². The van der Waals surface area contributed by atoms with E-state index < -0.39 is 0 Å². The van der Waals surface area contributed by atoms with Gasteiger partial charge in [-0.05, 0) is 36.4 Å². The first kappa shape index (κ1) is 16.2. The topological polar surface area (TPSA) is 55.8 Å². The predicted molar refractivity (Wildman–Crippen MR) is 101 cm³/mol. The fourth-order valence-electron chi connectivity index (χ4n) is 3.59. The van der Waals surface area contributed by atoms with Gasteiger partial charge in [-0.25, -0.2) is 4.98 Å². The van der Waals surface area contributed by atoms with E-state index in [2.05, 4.69) is 26.5 Å². The summed E-state index contributed by atoms with van der Waals surface area (Å²) in [6, 6.07) is 14.1. The van der Waals surface area contributed by atoms with Crippen LogP contribution in [-0.4, -0.2) is 39.0 Å². The van der Waals surface area contributed by atoms with Crippen molar-refractivity contribution in [3.63, 3.8) is 0 Å². The molecular formula is C21H20N4O2. The molecule has 0 amide bonds. The maximum Gasteiger partial charge on any atom is 0.137 e. The summed E-state index contributed by atoms with van der Waals surface area (Å²) in [6.07, 6.45) is 7.38. The van der Waals surface area contributed by atoms with Gasteiger partial charge in [0.25, 0.3) is 0 Å². The first-order valence-electron chi connectivity index (χ1n) is 9.11. The van der Waals surface area contributed by atoms with Crippen molar-refractivity contribution in [3.8, 4) is 11.3 Å². The molecule has 1 aliphatic rings. The van der Waals surface area contributed by atoms with E-state index in [-0.39, 0.29) is 6.10 Å². The summed E-state index contributed by atoms with van der Waals surface area (Å²) >= 11 is 0. The van der Waals surface area contributed by atoms with E-state index in [1.165, 1.54) is 0 Å². The van der Waals surface area contributed by atoms with E-state index in [0.717, 1.165) is 48.0 Å². The van der Waals surface area contributed by atoms with Crippen LogP contribution >= 0.6 is 0 Å². The molecule has 5 rings (SSSR count). The van der Waals surface area contributed by atoms with Crippen LogP contribution in [0.1, 0.15) is 17.6 Å². The number of aromatic nitrogens is 3. The lowest BCUT2D eigenvalue weighted by molar-refractivity contribution is -0.0364. The molecule has 0 aromatic carbocycles. The number of hydrogen-bond acceptors (Lipinski definition) is 5. The molecule has 27 heavy (non-hydrogen) atoms. The van der Waals surface area contributed by atoms with Crippen LogP contribution in [-0.2, 0) is 11.3 Å². The molecular weight excluding hydrogens is 340 g/mol. The van der Waals surface area contributed by atoms with Gasteiger partial charge in [0.1, 0.15) is 17.5 Å². The van der Waals surface area contributed by atoms with Crippen molar-refractivity contribution in [2.45, 2.75) is 12.6 Å². The van der Waals surface area contributed by atoms with Gasteiger partial charge in [-0.3, -0.25) is 14.3 Å². The molecule has 136 valence electrons. The number of furan rings is 1. The number of fused-ring (bicyclic) bond motifs is 1. The molecule has 0 saturated carbocycles. The quantitative estimate of drug-likeness (QED) is 0.557. The van der Waals surface area contributed by atoms with Gasteiger partial charge in [0.05, 0.1) is 30.8 Å². The van der Waals surface area contributed by atoms with Crippen molar-refractivity contribution in [2.75, 3.05) is 19.7 Å². The summed E-state index contributed by atoms with van der Waals surface area (Å²) in [5, 5.41) is 0. The Balaban J connectivity index is 1.43. The van der Waals surface area contributed by atoms with Gasteiger partial charge in [-0.2, -0.15) is 0 Å². The highest BCUT2D eigenvalue weighted by atomic mass is 16.5. The molecule has 6 nitrogen and oxygen atoms in total. The van der Waals surface area contributed by atoms with Gasteiger partial charge in [0.2, 0.25) is 0 Å². The van der Waals surface area contributed by atoms with E-state index in [4.69, 9.17) is 14.1 Å². The van der Waals surface area contributed by atoms with Crippen molar-refractivity contribution >= 4 is 5.65 Å². The molecule has 0 aliphatic carbocycles. The minimum atomic E-state index is -0.0427. The number of rotatable bonds is 4. The maximum absolute atomic E-state index is 6.03. The van der Waals surface area contributed by atoms with Crippen LogP contribution in [0.2, 0.25) is 0 Å². The molecule has 1 aliphatic heterocycles. The number of nitrogens with zero attached hydrogens (tertiary/aromatic N) is 4. The number of pyridine rings is 2. The summed E-state index contributed by atoms with van der Waals surface area (Å²) in [5.74, 6) is 0.977. The zero-order valence-electron chi connectivity index (χ0n) is 14.9. The zero-order chi connectivity index (χ0) is 18.1. The Hall–Kier alpha value is -2.96. The molecule has 1 atom stereocenters. The summed E-state index contributed by atoms with van der Waals surface area (Å²) in [5.41, 5.74) is 4.09. The number of hydrogen-bond donors (Lipinski definition) is 0. The average Bonchev–Trinajstić information content (AvgIpc) is 3.38. The molecule has 4 aromatic rings. The molecule has 1 saturated heterocycles. The molecule has 4 aromatic heterocycles. The third-order valence-electron chi connectivity index (χ3n) is 4.93. The second-order valence-corrected chi connectivity index (χ2v) is 6.71. The van der Waals surface area contributed by atoms with Gasteiger partial charge >= 0.3 is 0 Å². The highest BCUT2D eigenvalue weighted by Crippen LogP contribution is 2.26. The standard InChI is InChI=1S/C21H20N4O2/c1-4-19(16-6-8-22-9-7-16)25-14-18(23-21(25)5-1)20-15-24(10-12-27-20)13-17-3-2-11-26-17/h1-9,11,14,20H,10,12-13,15H2/t20-/m1/s1. The second-order valence-electron chi connectivity index (χ2n) is 6.71. The van der Waals surface area contributed by atoms with E-state index in [1.54, 1.807) is 6.26 Å². The maximum atomic E-state index is 6.03. The Kier molecular flexibility index (Phi) is 4.20. The number of ether oxygens (including phenoxy) is 1. The van der Waals surface area contributed by atoms with Crippen molar-refractivity contribution < 1.29 is 9.15 Å². The summed E-state index contributed by atoms with van der Waals surface area (Å²) in [6.45, 7) is 3.18. The van der Waals surface area contributed by atoms with Crippen LogP contribution < -0.4 is 0 Å². The number of imidazole rings is 1. The summed E-state index contributed by atoms with van der Waals surface area (Å²) in [7, 11) is 0. The Bertz CT molecular complexity index is 1030. The monoisotopic (exact) mass is 360 g/mol. The minimum absolute atomic E-state index is 0.0427. The summed E-state index contributed by atoms with van der Waals surface area (Å²) < 4.78 is 13.6. The predicted octanol–water partition coefficient (Wildman–Crippen LogP) is 3.56. The van der Waals surface area contributed by atoms with Crippen LogP contribution in [0.15, 0.2) is 71.7 Å². The molecule has 0 spiro atoms.